The molecule has 0 bridgehead atoms. The Labute approximate surface area is 213 Å². The summed E-state index contributed by atoms with van der Waals surface area (Å²) in [5.41, 5.74) is -0.0253. The number of amides is 2. The lowest BCUT2D eigenvalue weighted by Gasteiger charge is -2.51. The number of nitrogens with zero attached hydrogens (tertiary/aromatic N) is 3. The van der Waals surface area contributed by atoms with Gasteiger partial charge in [0.1, 0.15) is 6.04 Å². The third-order valence-corrected chi connectivity index (χ3v) is 7.61. The lowest BCUT2D eigenvalue weighted by Crippen LogP contribution is -2.64. The standard InChI is InChI=1S/C27H50N4O4/c1-19(2)13-22-24(32)31(12-10-28-22)23(14-20(3)4)25(33)30-11-9-27(15-21(30)5)34-17-26(6,18-35-27)16-29(7)8/h19-23,28H,9-18H2,1-8H3/t21-,22-,23?,26?,27?/m0/s1. The summed E-state index contributed by atoms with van der Waals surface area (Å²) in [6, 6.07) is -0.616. The van der Waals surface area contributed by atoms with E-state index in [1.165, 1.54) is 0 Å². The molecule has 0 saturated carbocycles. The van der Waals surface area contributed by atoms with Gasteiger partial charge in [0.15, 0.2) is 5.79 Å². The van der Waals surface area contributed by atoms with Crippen LogP contribution in [0.3, 0.4) is 0 Å². The van der Waals surface area contributed by atoms with Gasteiger partial charge in [-0.1, -0.05) is 34.6 Å². The van der Waals surface area contributed by atoms with E-state index in [-0.39, 0.29) is 29.3 Å². The summed E-state index contributed by atoms with van der Waals surface area (Å²) in [6.07, 6.45) is 2.81. The summed E-state index contributed by atoms with van der Waals surface area (Å²) >= 11 is 0. The van der Waals surface area contributed by atoms with Gasteiger partial charge in [0.25, 0.3) is 0 Å². The topological polar surface area (TPSA) is 74.4 Å². The van der Waals surface area contributed by atoms with Gasteiger partial charge in [0, 0.05) is 50.5 Å². The number of hydrogen-bond donors (Lipinski definition) is 1. The molecule has 2 amide bonds. The minimum Gasteiger partial charge on any atom is -0.349 e. The van der Waals surface area contributed by atoms with Crippen LogP contribution in [0.25, 0.3) is 0 Å². The van der Waals surface area contributed by atoms with Crippen molar-refractivity contribution in [1.29, 1.82) is 0 Å². The zero-order valence-corrected chi connectivity index (χ0v) is 23.4. The van der Waals surface area contributed by atoms with E-state index in [1.54, 1.807) is 0 Å². The first-order valence-electron chi connectivity index (χ1n) is 13.6. The van der Waals surface area contributed by atoms with Crippen LogP contribution in [0.4, 0.5) is 0 Å². The van der Waals surface area contributed by atoms with E-state index in [2.05, 4.69) is 65.9 Å². The summed E-state index contributed by atoms with van der Waals surface area (Å²) < 4.78 is 12.7. The van der Waals surface area contributed by atoms with Crippen molar-refractivity contribution in [2.24, 2.45) is 17.3 Å². The minimum atomic E-state index is -0.608. The molecule has 35 heavy (non-hydrogen) atoms. The molecular weight excluding hydrogens is 444 g/mol. The highest BCUT2D eigenvalue weighted by molar-refractivity contribution is 5.90. The van der Waals surface area contributed by atoms with Crippen molar-refractivity contribution in [3.8, 4) is 0 Å². The monoisotopic (exact) mass is 494 g/mol. The highest BCUT2D eigenvalue weighted by atomic mass is 16.7. The first-order chi connectivity index (χ1) is 16.3. The van der Waals surface area contributed by atoms with E-state index in [0.717, 1.165) is 19.5 Å². The van der Waals surface area contributed by atoms with Crippen molar-refractivity contribution >= 4 is 11.8 Å². The Morgan fingerprint density at radius 2 is 1.80 bits per heavy atom. The van der Waals surface area contributed by atoms with Gasteiger partial charge in [-0.2, -0.15) is 0 Å². The largest absolute Gasteiger partial charge is 0.349 e. The number of piperidine rings is 1. The fourth-order valence-electron chi connectivity index (χ4n) is 6.03. The molecule has 1 spiro atoms. The second-order valence-corrected chi connectivity index (χ2v) is 12.7. The number of hydrogen-bond acceptors (Lipinski definition) is 6. The van der Waals surface area contributed by atoms with Crippen molar-refractivity contribution in [3.63, 3.8) is 0 Å². The summed E-state index contributed by atoms with van der Waals surface area (Å²) in [5, 5.41) is 3.37. The van der Waals surface area contributed by atoms with Crippen LogP contribution in [0.1, 0.15) is 67.2 Å². The molecule has 1 N–H and O–H groups in total. The fraction of sp³-hybridized carbons (Fsp3) is 0.926. The maximum Gasteiger partial charge on any atom is 0.245 e. The number of piperazine rings is 1. The number of nitrogens with one attached hydrogen (secondary N) is 1. The van der Waals surface area contributed by atoms with E-state index in [0.29, 0.717) is 57.4 Å². The van der Waals surface area contributed by atoms with Crippen LogP contribution < -0.4 is 5.32 Å². The second-order valence-electron chi connectivity index (χ2n) is 12.7. The zero-order chi connectivity index (χ0) is 26.0. The molecule has 0 aromatic heterocycles. The molecule has 3 rings (SSSR count). The fourth-order valence-corrected chi connectivity index (χ4v) is 6.03. The number of ether oxygens (including phenoxy) is 2. The average Bonchev–Trinajstić information content (AvgIpc) is 2.75. The summed E-state index contributed by atoms with van der Waals surface area (Å²) in [6.45, 7) is 17.0. The molecule has 1 unspecified atom stereocenters. The zero-order valence-electron chi connectivity index (χ0n) is 23.4. The van der Waals surface area contributed by atoms with E-state index in [4.69, 9.17) is 9.47 Å². The minimum absolute atomic E-state index is 0.00593. The van der Waals surface area contributed by atoms with Crippen molar-refractivity contribution in [3.05, 3.63) is 0 Å². The van der Waals surface area contributed by atoms with Gasteiger partial charge in [0.05, 0.1) is 19.3 Å². The predicted molar refractivity (Wildman–Crippen MR) is 138 cm³/mol. The molecular formula is C27H50N4O4. The maximum absolute atomic E-state index is 13.9. The Morgan fingerprint density at radius 3 is 2.34 bits per heavy atom. The summed E-state index contributed by atoms with van der Waals surface area (Å²) in [4.78, 5) is 33.3. The smallest absolute Gasteiger partial charge is 0.245 e. The normalized spacial score (nSPS) is 33.3. The Hall–Kier alpha value is -1.22. The Balaban J connectivity index is 1.68. The first-order valence-corrected chi connectivity index (χ1v) is 13.6. The Kier molecular flexibility index (Phi) is 9.27. The Bertz CT molecular complexity index is 733. The van der Waals surface area contributed by atoms with Gasteiger partial charge in [0.2, 0.25) is 11.8 Å². The summed E-state index contributed by atoms with van der Waals surface area (Å²) in [7, 11) is 4.15. The maximum atomic E-state index is 13.9. The molecule has 202 valence electrons. The molecule has 3 fully saturated rings. The number of likely N-dealkylation sites (tertiary alicyclic amines) is 1. The highest BCUT2D eigenvalue weighted by Crippen LogP contribution is 2.39. The van der Waals surface area contributed by atoms with E-state index in [9.17, 15) is 9.59 Å². The van der Waals surface area contributed by atoms with Gasteiger partial charge in [-0.15, -0.1) is 0 Å². The first kappa shape index (κ1) is 28.4. The van der Waals surface area contributed by atoms with Gasteiger partial charge < -0.3 is 29.5 Å². The van der Waals surface area contributed by atoms with Crippen LogP contribution in [0.5, 0.6) is 0 Å². The molecule has 3 saturated heterocycles. The predicted octanol–water partition coefficient (Wildman–Crippen LogP) is 2.57. The summed E-state index contributed by atoms with van der Waals surface area (Å²) in [5.74, 6) is 0.282. The molecule has 8 heteroatoms. The van der Waals surface area contributed by atoms with Gasteiger partial charge in [-0.05, 0) is 45.7 Å². The molecule has 0 aromatic carbocycles. The lowest BCUT2D eigenvalue weighted by molar-refractivity contribution is -0.319. The number of rotatable bonds is 8. The van der Waals surface area contributed by atoms with Crippen LogP contribution in [0, 0.1) is 17.3 Å². The van der Waals surface area contributed by atoms with Crippen LogP contribution >= 0.6 is 0 Å². The molecule has 8 nitrogen and oxygen atoms in total. The van der Waals surface area contributed by atoms with Gasteiger partial charge in [-0.25, -0.2) is 0 Å². The van der Waals surface area contributed by atoms with E-state index in [1.807, 2.05) is 9.80 Å². The second kappa shape index (κ2) is 11.4. The molecule has 0 radical (unpaired) electrons. The van der Waals surface area contributed by atoms with Crippen molar-refractivity contribution in [2.45, 2.75) is 91.1 Å². The van der Waals surface area contributed by atoms with Crippen LogP contribution in [-0.2, 0) is 19.1 Å². The van der Waals surface area contributed by atoms with Crippen molar-refractivity contribution in [2.75, 3.05) is 53.5 Å². The number of carbonyl (C=O) groups is 2. The van der Waals surface area contributed by atoms with Gasteiger partial charge >= 0.3 is 0 Å². The third-order valence-electron chi connectivity index (χ3n) is 7.61. The van der Waals surface area contributed by atoms with Crippen molar-refractivity contribution < 1.29 is 19.1 Å². The number of carbonyl (C=O) groups excluding carboxylic acids is 2. The molecule has 0 aliphatic carbocycles. The molecule has 3 atom stereocenters. The SMILES string of the molecule is CC(C)CC(C(=O)N1CCC2(C[C@@H]1C)OCC(C)(CN(C)C)CO2)N1CCN[C@@H](CC(C)C)C1=O. The third kappa shape index (κ3) is 6.96. The quantitative estimate of drug-likeness (QED) is 0.559. The highest BCUT2D eigenvalue weighted by Gasteiger charge is 2.49. The Morgan fingerprint density at radius 1 is 1.14 bits per heavy atom. The van der Waals surface area contributed by atoms with Crippen molar-refractivity contribution in [1.82, 2.24) is 20.0 Å². The van der Waals surface area contributed by atoms with Gasteiger partial charge in [-0.3, -0.25) is 9.59 Å². The molecule has 3 aliphatic rings. The lowest BCUT2D eigenvalue weighted by atomic mass is 9.88. The molecule has 0 aromatic rings. The van der Waals surface area contributed by atoms with Crippen LogP contribution in [0.15, 0.2) is 0 Å². The van der Waals surface area contributed by atoms with Crippen LogP contribution in [-0.4, -0.2) is 104 Å². The average molecular weight is 495 g/mol. The molecule has 3 aliphatic heterocycles. The van der Waals surface area contributed by atoms with Crippen LogP contribution in [0.2, 0.25) is 0 Å². The molecule has 3 heterocycles. The van der Waals surface area contributed by atoms with E-state index < -0.39 is 11.8 Å². The van der Waals surface area contributed by atoms with E-state index >= 15 is 0 Å².